The van der Waals surface area contributed by atoms with E-state index in [4.69, 9.17) is 0 Å². The summed E-state index contributed by atoms with van der Waals surface area (Å²) in [5, 5.41) is 7.97. The normalized spacial score (nSPS) is 17.4. The Morgan fingerprint density at radius 2 is 2.00 bits per heavy atom. The van der Waals surface area contributed by atoms with Crippen molar-refractivity contribution >= 4 is 16.8 Å². The maximum atomic E-state index is 12.6. The summed E-state index contributed by atoms with van der Waals surface area (Å²) in [6, 6.07) is 5.75. The summed E-state index contributed by atoms with van der Waals surface area (Å²) in [7, 11) is 0. The van der Waals surface area contributed by atoms with E-state index in [1.165, 1.54) is 0 Å². The van der Waals surface area contributed by atoms with E-state index in [1.807, 2.05) is 23.1 Å². The van der Waals surface area contributed by atoms with Crippen molar-refractivity contribution in [3.05, 3.63) is 30.0 Å². The monoisotopic (exact) mass is 285 g/mol. The topological polar surface area (TPSA) is 49.0 Å². The van der Waals surface area contributed by atoms with E-state index in [0.29, 0.717) is 11.3 Å². The van der Waals surface area contributed by atoms with Crippen molar-refractivity contribution in [2.45, 2.75) is 33.6 Å². The van der Waals surface area contributed by atoms with Crippen LogP contribution in [-0.2, 0) is 0 Å². The highest BCUT2D eigenvalue weighted by Crippen LogP contribution is 2.34. The third kappa shape index (κ3) is 2.80. The number of likely N-dealkylation sites (tertiary alicyclic amines) is 1. The maximum Gasteiger partial charge on any atom is 0.253 e. The Labute approximate surface area is 125 Å². The number of carbonyl (C=O) groups excluding carboxylic acids is 1. The highest BCUT2D eigenvalue weighted by Gasteiger charge is 2.30. The van der Waals surface area contributed by atoms with Crippen LogP contribution in [0.15, 0.2) is 24.4 Å². The smallest absolute Gasteiger partial charge is 0.253 e. The van der Waals surface area contributed by atoms with Crippen molar-refractivity contribution in [2.24, 2.45) is 11.3 Å². The summed E-state index contributed by atoms with van der Waals surface area (Å²) in [6.45, 7) is 8.60. The fourth-order valence-corrected chi connectivity index (χ4v) is 3.20. The highest BCUT2D eigenvalue weighted by atomic mass is 16.2. The van der Waals surface area contributed by atoms with Crippen molar-refractivity contribution < 1.29 is 4.79 Å². The van der Waals surface area contributed by atoms with Crippen LogP contribution in [0.25, 0.3) is 10.9 Å². The molecule has 0 saturated carbocycles. The van der Waals surface area contributed by atoms with E-state index in [1.54, 1.807) is 6.20 Å². The summed E-state index contributed by atoms with van der Waals surface area (Å²) in [5.41, 5.74) is 2.01. The minimum absolute atomic E-state index is 0.138. The second-order valence-electron chi connectivity index (χ2n) is 7.10. The zero-order valence-electron chi connectivity index (χ0n) is 13.0. The standard InChI is InChI=1S/C17H23N3O/c1-17(2,3)14-6-8-20(9-7-14)16(21)12-4-5-13-11-18-19-15(13)10-12/h4-5,10-11,14H,6-9H2,1-3H3,(H,18,19). The number of hydrogen-bond acceptors (Lipinski definition) is 2. The lowest BCUT2D eigenvalue weighted by Gasteiger charge is -2.38. The molecule has 4 heteroatoms. The van der Waals surface area contributed by atoms with E-state index in [9.17, 15) is 4.79 Å². The Kier molecular flexibility index (Phi) is 3.47. The van der Waals surface area contributed by atoms with Crippen molar-refractivity contribution in [3.8, 4) is 0 Å². The lowest BCUT2D eigenvalue weighted by Crippen LogP contribution is -2.41. The van der Waals surface area contributed by atoms with Gasteiger partial charge < -0.3 is 4.90 Å². The Balaban J connectivity index is 1.71. The molecule has 1 aromatic carbocycles. The number of nitrogens with zero attached hydrogens (tertiary/aromatic N) is 2. The number of nitrogens with one attached hydrogen (secondary N) is 1. The lowest BCUT2D eigenvalue weighted by atomic mass is 9.75. The van der Waals surface area contributed by atoms with E-state index >= 15 is 0 Å². The maximum absolute atomic E-state index is 12.6. The Hall–Kier alpha value is -1.84. The quantitative estimate of drug-likeness (QED) is 0.872. The van der Waals surface area contributed by atoms with Gasteiger partial charge in [-0.1, -0.05) is 26.8 Å². The number of aromatic nitrogens is 2. The molecule has 0 aliphatic carbocycles. The highest BCUT2D eigenvalue weighted by molar-refractivity contribution is 5.97. The molecule has 2 heterocycles. The predicted octanol–water partition coefficient (Wildman–Crippen LogP) is 3.46. The number of rotatable bonds is 1. The number of hydrogen-bond donors (Lipinski definition) is 1. The molecular weight excluding hydrogens is 262 g/mol. The van der Waals surface area contributed by atoms with Crippen LogP contribution in [0, 0.1) is 11.3 Å². The molecule has 112 valence electrons. The largest absolute Gasteiger partial charge is 0.339 e. The molecular formula is C17H23N3O. The Morgan fingerprint density at radius 3 is 2.67 bits per heavy atom. The summed E-state index contributed by atoms with van der Waals surface area (Å²) >= 11 is 0. The van der Waals surface area contributed by atoms with Crippen LogP contribution < -0.4 is 0 Å². The third-order valence-corrected chi connectivity index (χ3v) is 4.70. The van der Waals surface area contributed by atoms with Gasteiger partial charge in [-0.05, 0) is 36.3 Å². The SMILES string of the molecule is CC(C)(C)C1CCN(C(=O)c2ccc3cn[nH]c3c2)CC1. The fourth-order valence-electron chi connectivity index (χ4n) is 3.20. The first-order chi connectivity index (χ1) is 9.95. The first kappa shape index (κ1) is 14.1. The van der Waals surface area contributed by atoms with Crippen LogP contribution in [0.2, 0.25) is 0 Å². The number of piperidine rings is 1. The zero-order chi connectivity index (χ0) is 15.0. The number of fused-ring (bicyclic) bond motifs is 1. The molecule has 0 spiro atoms. The molecule has 3 rings (SSSR count). The summed E-state index contributed by atoms with van der Waals surface area (Å²) in [5.74, 6) is 0.843. The molecule has 1 aromatic heterocycles. The average Bonchev–Trinajstić information content (AvgIpc) is 2.93. The summed E-state index contributed by atoms with van der Waals surface area (Å²) in [4.78, 5) is 14.6. The second kappa shape index (κ2) is 5.17. The van der Waals surface area contributed by atoms with Gasteiger partial charge in [-0.15, -0.1) is 0 Å². The molecule has 21 heavy (non-hydrogen) atoms. The van der Waals surface area contributed by atoms with Crippen LogP contribution >= 0.6 is 0 Å². The number of amides is 1. The number of benzene rings is 1. The van der Waals surface area contributed by atoms with Gasteiger partial charge >= 0.3 is 0 Å². The molecule has 1 aliphatic heterocycles. The average molecular weight is 285 g/mol. The van der Waals surface area contributed by atoms with Crippen molar-refractivity contribution in [1.29, 1.82) is 0 Å². The van der Waals surface area contributed by atoms with Crippen LogP contribution in [0.5, 0.6) is 0 Å². The predicted molar refractivity (Wildman–Crippen MR) is 84.2 cm³/mol. The Morgan fingerprint density at radius 1 is 1.29 bits per heavy atom. The summed E-state index contributed by atoms with van der Waals surface area (Å²) < 4.78 is 0. The molecule has 1 saturated heterocycles. The van der Waals surface area contributed by atoms with Gasteiger partial charge in [0.05, 0.1) is 11.7 Å². The first-order valence-electron chi connectivity index (χ1n) is 7.67. The van der Waals surface area contributed by atoms with Crippen LogP contribution in [0.3, 0.4) is 0 Å². The van der Waals surface area contributed by atoms with E-state index < -0.39 is 0 Å². The molecule has 1 fully saturated rings. The Bertz CT molecular complexity index is 645. The van der Waals surface area contributed by atoms with Gasteiger partial charge in [0.1, 0.15) is 0 Å². The van der Waals surface area contributed by atoms with Gasteiger partial charge in [-0.2, -0.15) is 5.10 Å². The lowest BCUT2D eigenvalue weighted by molar-refractivity contribution is 0.0609. The first-order valence-corrected chi connectivity index (χ1v) is 7.67. The fraction of sp³-hybridized carbons (Fsp3) is 0.529. The summed E-state index contributed by atoms with van der Waals surface area (Å²) in [6.07, 6.45) is 3.97. The van der Waals surface area contributed by atoms with Crippen LogP contribution in [-0.4, -0.2) is 34.1 Å². The minimum Gasteiger partial charge on any atom is -0.339 e. The van der Waals surface area contributed by atoms with Crippen LogP contribution in [0.4, 0.5) is 0 Å². The minimum atomic E-state index is 0.138. The molecule has 1 aliphatic rings. The number of carbonyl (C=O) groups is 1. The second-order valence-corrected chi connectivity index (χ2v) is 7.10. The molecule has 0 unspecified atom stereocenters. The zero-order valence-corrected chi connectivity index (χ0v) is 13.0. The van der Waals surface area contributed by atoms with E-state index in [2.05, 4.69) is 31.0 Å². The van der Waals surface area contributed by atoms with E-state index in [-0.39, 0.29) is 5.91 Å². The van der Waals surface area contributed by atoms with Gasteiger partial charge in [0.15, 0.2) is 0 Å². The van der Waals surface area contributed by atoms with Gasteiger partial charge in [-0.3, -0.25) is 9.89 Å². The molecule has 4 nitrogen and oxygen atoms in total. The van der Waals surface area contributed by atoms with Crippen molar-refractivity contribution in [3.63, 3.8) is 0 Å². The number of aromatic amines is 1. The van der Waals surface area contributed by atoms with Crippen LogP contribution in [0.1, 0.15) is 44.0 Å². The molecule has 0 radical (unpaired) electrons. The van der Waals surface area contributed by atoms with E-state index in [0.717, 1.165) is 42.4 Å². The third-order valence-electron chi connectivity index (χ3n) is 4.70. The van der Waals surface area contributed by atoms with Crippen molar-refractivity contribution in [2.75, 3.05) is 13.1 Å². The van der Waals surface area contributed by atoms with Gasteiger partial charge in [0.2, 0.25) is 0 Å². The molecule has 2 aromatic rings. The number of H-pyrrole nitrogens is 1. The molecule has 1 amide bonds. The van der Waals surface area contributed by atoms with Gasteiger partial charge in [0, 0.05) is 24.0 Å². The van der Waals surface area contributed by atoms with Gasteiger partial charge in [0.25, 0.3) is 5.91 Å². The van der Waals surface area contributed by atoms with Gasteiger partial charge in [-0.25, -0.2) is 0 Å². The van der Waals surface area contributed by atoms with Crippen molar-refractivity contribution in [1.82, 2.24) is 15.1 Å². The molecule has 0 bridgehead atoms. The molecule has 0 atom stereocenters. The molecule has 1 N–H and O–H groups in total.